The van der Waals surface area contributed by atoms with Gasteiger partial charge in [0.2, 0.25) is 0 Å². The summed E-state index contributed by atoms with van der Waals surface area (Å²) in [6, 6.07) is 5.77. The zero-order chi connectivity index (χ0) is 12.6. The lowest BCUT2D eigenvalue weighted by molar-refractivity contribution is 0.144. The first-order valence-corrected chi connectivity index (χ1v) is 6.10. The molecule has 1 aromatic carbocycles. The van der Waals surface area contributed by atoms with Gasteiger partial charge in [0.05, 0.1) is 12.7 Å². The van der Waals surface area contributed by atoms with Crippen molar-refractivity contribution < 1.29 is 9.84 Å². The van der Waals surface area contributed by atoms with E-state index in [0.29, 0.717) is 13.0 Å². The Bertz CT molecular complexity index is 409. The average molecular weight is 235 g/mol. The molecule has 1 aromatic rings. The van der Waals surface area contributed by atoms with Crippen LogP contribution in [-0.2, 0) is 5.41 Å². The summed E-state index contributed by atoms with van der Waals surface area (Å²) in [5, 5.41) is 10.2. The molecule has 1 aliphatic rings. The van der Waals surface area contributed by atoms with Crippen molar-refractivity contribution in [2.45, 2.75) is 44.8 Å². The van der Waals surface area contributed by atoms with Crippen LogP contribution in [0, 0.1) is 0 Å². The van der Waals surface area contributed by atoms with Crippen LogP contribution in [0.1, 0.15) is 44.4 Å². The normalized spacial score (nSPS) is 24.8. The van der Waals surface area contributed by atoms with Crippen molar-refractivity contribution in [2.24, 2.45) is 5.73 Å². The molecule has 0 radical (unpaired) electrons. The highest BCUT2D eigenvalue weighted by Gasteiger charge is 2.26. The maximum absolute atomic E-state index is 10.2. The highest BCUT2D eigenvalue weighted by molar-refractivity contribution is 5.42. The van der Waals surface area contributed by atoms with Crippen LogP contribution in [-0.4, -0.2) is 17.8 Å². The standard InChI is InChI=1S/C14H21NO2/c1-14(2,3)9-4-5-12-10(8-9)13(16)11(15)6-7-17-12/h4-5,8,11,13,16H,6-7,15H2,1-3H3/t11-,13-/m1/s1. The molecule has 1 aliphatic heterocycles. The second kappa shape index (κ2) is 4.31. The third kappa shape index (κ3) is 2.45. The summed E-state index contributed by atoms with van der Waals surface area (Å²) in [6.07, 6.45) is 0.0514. The van der Waals surface area contributed by atoms with Crippen molar-refractivity contribution in [3.63, 3.8) is 0 Å². The minimum Gasteiger partial charge on any atom is -0.493 e. The van der Waals surface area contributed by atoms with Gasteiger partial charge in [-0.15, -0.1) is 0 Å². The van der Waals surface area contributed by atoms with Gasteiger partial charge in [0.1, 0.15) is 5.75 Å². The molecule has 0 fully saturated rings. The van der Waals surface area contributed by atoms with E-state index in [2.05, 4.69) is 26.8 Å². The Morgan fingerprint density at radius 1 is 1.35 bits per heavy atom. The maximum Gasteiger partial charge on any atom is 0.125 e. The van der Waals surface area contributed by atoms with Crippen molar-refractivity contribution >= 4 is 0 Å². The second-order valence-electron chi connectivity index (χ2n) is 5.75. The van der Waals surface area contributed by atoms with Crippen molar-refractivity contribution in [3.05, 3.63) is 29.3 Å². The first-order chi connectivity index (χ1) is 7.89. The van der Waals surface area contributed by atoms with Gasteiger partial charge in [-0.25, -0.2) is 0 Å². The van der Waals surface area contributed by atoms with Crippen LogP contribution in [0.2, 0.25) is 0 Å². The summed E-state index contributed by atoms with van der Waals surface area (Å²) in [5.41, 5.74) is 7.99. The van der Waals surface area contributed by atoms with Gasteiger partial charge in [0.25, 0.3) is 0 Å². The molecule has 0 amide bonds. The quantitative estimate of drug-likeness (QED) is 0.724. The van der Waals surface area contributed by atoms with Gasteiger partial charge in [-0.2, -0.15) is 0 Å². The lowest BCUT2D eigenvalue weighted by Crippen LogP contribution is -2.28. The fraction of sp³-hybridized carbons (Fsp3) is 0.571. The van der Waals surface area contributed by atoms with Crippen LogP contribution in [0.5, 0.6) is 5.75 Å². The first kappa shape index (κ1) is 12.4. The third-order valence-corrected chi connectivity index (χ3v) is 3.31. The number of aliphatic hydroxyl groups is 1. The van der Waals surface area contributed by atoms with E-state index in [1.54, 1.807) is 0 Å². The fourth-order valence-electron chi connectivity index (χ4n) is 2.07. The molecule has 3 heteroatoms. The topological polar surface area (TPSA) is 55.5 Å². The molecule has 94 valence electrons. The number of fused-ring (bicyclic) bond motifs is 1. The Hall–Kier alpha value is -1.06. The molecule has 0 spiro atoms. The zero-order valence-corrected chi connectivity index (χ0v) is 10.7. The van der Waals surface area contributed by atoms with Gasteiger partial charge in [0, 0.05) is 11.6 Å². The average Bonchev–Trinajstić information content (AvgIpc) is 2.39. The van der Waals surface area contributed by atoms with Gasteiger partial charge in [-0.1, -0.05) is 26.8 Å². The van der Waals surface area contributed by atoms with E-state index in [1.165, 1.54) is 5.56 Å². The molecule has 3 nitrogen and oxygen atoms in total. The van der Waals surface area contributed by atoms with Crippen molar-refractivity contribution in [3.8, 4) is 5.75 Å². The molecule has 0 aliphatic carbocycles. The smallest absolute Gasteiger partial charge is 0.125 e. The number of ether oxygens (including phenoxy) is 1. The minimum atomic E-state index is -0.630. The SMILES string of the molecule is CC(C)(C)c1ccc2c(c1)[C@@H](O)[C@H](N)CCO2. The lowest BCUT2D eigenvalue weighted by Gasteiger charge is -2.22. The predicted molar refractivity (Wildman–Crippen MR) is 68.2 cm³/mol. The highest BCUT2D eigenvalue weighted by atomic mass is 16.5. The van der Waals surface area contributed by atoms with E-state index in [1.807, 2.05) is 12.1 Å². The summed E-state index contributed by atoms with van der Waals surface area (Å²) in [6.45, 7) is 7.02. The fourth-order valence-corrected chi connectivity index (χ4v) is 2.07. The molecule has 3 N–H and O–H groups in total. The van der Waals surface area contributed by atoms with Crippen LogP contribution < -0.4 is 10.5 Å². The second-order valence-corrected chi connectivity index (χ2v) is 5.75. The minimum absolute atomic E-state index is 0.0607. The lowest BCUT2D eigenvalue weighted by atomic mass is 9.85. The summed E-state index contributed by atoms with van der Waals surface area (Å²) >= 11 is 0. The Labute approximate surface area is 103 Å². The molecule has 0 saturated carbocycles. The molecule has 0 aromatic heterocycles. The number of hydrogen-bond acceptors (Lipinski definition) is 3. The van der Waals surface area contributed by atoms with E-state index >= 15 is 0 Å². The largest absolute Gasteiger partial charge is 0.493 e. The van der Waals surface area contributed by atoms with Crippen LogP contribution >= 0.6 is 0 Å². The Kier molecular flexibility index (Phi) is 3.15. The van der Waals surface area contributed by atoms with Gasteiger partial charge in [-0.3, -0.25) is 0 Å². The number of nitrogens with two attached hydrogens (primary N) is 1. The monoisotopic (exact) mass is 235 g/mol. The molecular formula is C14H21NO2. The molecule has 2 rings (SSSR count). The number of rotatable bonds is 0. The van der Waals surface area contributed by atoms with E-state index in [9.17, 15) is 5.11 Å². The van der Waals surface area contributed by atoms with Crippen molar-refractivity contribution in [1.82, 2.24) is 0 Å². The summed E-state index contributed by atoms with van der Waals surface area (Å²) < 4.78 is 5.62. The predicted octanol–water partition coefficient (Wildman–Crippen LogP) is 2.13. The van der Waals surface area contributed by atoms with Crippen LogP contribution in [0.4, 0.5) is 0 Å². The van der Waals surface area contributed by atoms with Crippen LogP contribution in [0.25, 0.3) is 0 Å². The van der Waals surface area contributed by atoms with Crippen LogP contribution in [0.3, 0.4) is 0 Å². The third-order valence-electron chi connectivity index (χ3n) is 3.31. The molecule has 17 heavy (non-hydrogen) atoms. The summed E-state index contributed by atoms with van der Waals surface area (Å²) in [7, 11) is 0. The molecule has 1 heterocycles. The summed E-state index contributed by atoms with van der Waals surface area (Å²) in [5.74, 6) is 0.762. The van der Waals surface area contributed by atoms with E-state index < -0.39 is 6.10 Å². The molecule has 0 bridgehead atoms. The Morgan fingerprint density at radius 2 is 2.06 bits per heavy atom. The highest BCUT2D eigenvalue weighted by Crippen LogP contribution is 2.34. The van der Waals surface area contributed by atoms with Gasteiger partial charge < -0.3 is 15.6 Å². The Balaban J connectivity index is 2.46. The summed E-state index contributed by atoms with van der Waals surface area (Å²) in [4.78, 5) is 0. The van der Waals surface area contributed by atoms with Crippen molar-refractivity contribution in [1.29, 1.82) is 0 Å². The number of hydrogen-bond donors (Lipinski definition) is 2. The van der Waals surface area contributed by atoms with Gasteiger partial charge in [-0.05, 0) is 29.5 Å². The molecular weight excluding hydrogens is 214 g/mol. The number of benzene rings is 1. The van der Waals surface area contributed by atoms with Crippen LogP contribution in [0.15, 0.2) is 18.2 Å². The zero-order valence-electron chi connectivity index (χ0n) is 10.7. The van der Waals surface area contributed by atoms with E-state index in [-0.39, 0.29) is 11.5 Å². The van der Waals surface area contributed by atoms with E-state index in [0.717, 1.165) is 11.3 Å². The van der Waals surface area contributed by atoms with Gasteiger partial charge in [0.15, 0.2) is 0 Å². The molecule has 0 saturated heterocycles. The van der Waals surface area contributed by atoms with Crippen molar-refractivity contribution in [2.75, 3.05) is 6.61 Å². The van der Waals surface area contributed by atoms with E-state index in [4.69, 9.17) is 10.5 Å². The number of aliphatic hydroxyl groups excluding tert-OH is 1. The molecule has 2 atom stereocenters. The first-order valence-electron chi connectivity index (χ1n) is 6.10. The van der Waals surface area contributed by atoms with Gasteiger partial charge >= 0.3 is 0 Å². The molecule has 0 unspecified atom stereocenters. The Morgan fingerprint density at radius 3 is 2.71 bits per heavy atom. The maximum atomic E-state index is 10.2.